The molecule has 1 aliphatic rings. The lowest BCUT2D eigenvalue weighted by molar-refractivity contribution is 0.631. The fourth-order valence-corrected chi connectivity index (χ4v) is 3.03. The Labute approximate surface area is 145 Å². The van der Waals surface area contributed by atoms with Gasteiger partial charge in [-0.3, -0.25) is 0 Å². The van der Waals surface area contributed by atoms with E-state index in [0.29, 0.717) is 17.2 Å². The van der Waals surface area contributed by atoms with Gasteiger partial charge in [0.15, 0.2) is 0 Å². The summed E-state index contributed by atoms with van der Waals surface area (Å²) in [4.78, 5) is 11.4. The number of hydrogen-bond donors (Lipinski definition) is 1. The molecule has 0 saturated carbocycles. The smallest absolute Gasteiger partial charge is 0.226 e. The maximum atomic E-state index is 14.3. The van der Waals surface area contributed by atoms with E-state index in [0.717, 1.165) is 30.4 Å². The van der Waals surface area contributed by atoms with Gasteiger partial charge in [-0.2, -0.15) is 0 Å². The van der Waals surface area contributed by atoms with Crippen LogP contribution >= 0.6 is 12.4 Å². The largest absolute Gasteiger partial charge is 0.339 e. The van der Waals surface area contributed by atoms with Crippen molar-refractivity contribution in [1.82, 2.24) is 9.97 Å². The van der Waals surface area contributed by atoms with Gasteiger partial charge in [-0.15, -0.1) is 12.4 Å². The Morgan fingerprint density at radius 3 is 2.54 bits per heavy atom. The van der Waals surface area contributed by atoms with Crippen molar-refractivity contribution < 1.29 is 4.39 Å². The zero-order chi connectivity index (χ0) is 15.8. The van der Waals surface area contributed by atoms with Crippen LogP contribution in [0, 0.1) is 5.82 Å². The highest BCUT2D eigenvalue weighted by Gasteiger charge is 2.23. The van der Waals surface area contributed by atoms with E-state index in [1.54, 1.807) is 12.1 Å². The molecule has 3 aromatic rings. The van der Waals surface area contributed by atoms with Crippen LogP contribution in [-0.2, 0) is 0 Å². The molecule has 1 saturated heterocycles. The summed E-state index contributed by atoms with van der Waals surface area (Å²) in [7, 11) is 0. The molecule has 24 heavy (non-hydrogen) atoms. The quantitative estimate of drug-likeness (QED) is 0.774. The number of halogens is 2. The molecule has 1 aromatic heterocycles. The Kier molecular flexibility index (Phi) is 4.64. The van der Waals surface area contributed by atoms with Crippen LogP contribution in [-0.4, -0.2) is 29.1 Å². The van der Waals surface area contributed by atoms with Gasteiger partial charge in [0.25, 0.3) is 0 Å². The first-order valence-electron chi connectivity index (χ1n) is 7.74. The Morgan fingerprint density at radius 2 is 1.79 bits per heavy atom. The zero-order valence-corrected chi connectivity index (χ0v) is 13.8. The van der Waals surface area contributed by atoms with E-state index in [4.69, 9.17) is 5.73 Å². The van der Waals surface area contributed by atoms with E-state index in [-0.39, 0.29) is 24.3 Å². The van der Waals surface area contributed by atoms with E-state index in [2.05, 4.69) is 14.9 Å². The molecular weight excluding hydrogens is 327 g/mol. The van der Waals surface area contributed by atoms with Gasteiger partial charge in [-0.25, -0.2) is 14.4 Å². The molecule has 2 aromatic carbocycles. The van der Waals surface area contributed by atoms with Crippen molar-refractivity contribution in [3.63, 3.8) is 0 Å². The first-order valence-corrected chi connectivity index (χ1v) is 7.74. The van der Waals surface area contributed by atoms with Gasteiger partial charge >= 0.3 is 0 Å². The fourth-order valence-electron chi connectivity index (χ4n) is 3.03. The molecule has 124 valence electrons. The predicted molar refractivity (Wildman–Crippen MR) is 97.0 cm³/mol. The molecule has 0 aliphatic carbocycles. The summed E-state index contributed by atoms with van der Waals surface area (Å²) in [5.41, 5.74) is 7.93. The highest BCUT2D eigenvalue weighted by molar-refractivity contribution is 5.93. The topological polar surface area (TPSA) is 55.0 Å². The summed E-state index contributed by atoms with van der Waals surface area (Å²) in [6.07, 6.45) is 0.922. The summed E-state index contributed by atoms with van der Waals surface area (Å²) >= 11 is 0. The van der Waals surface area contributed by atoms with Crippen LogP contribution in [0.4, 0.5) is 10.3 Å². The van der Waals surface area contributed by atoms with Crippen molar-refractivity contribution in [2.45, 2.75) is 12.5 Å². The van der Waals surface area contributed by atoms with Gasteiger partial charge < -0.3 is 10.6 Å². The first kappa shape index (κ1) is 16.6. The number of nitrogens with zero attached hydrogens (tertiary/aromatic N) is 3. The second-order valence-electron chi connectivity index (χ2n) is 5.86. The normalized spacial score (nSPS) is 17.1. The number of rotatable bonds is 2. The maximum Gasteiger partial charge on any atom is 0.226 e. The lowest BCUT2D eigenvalue weighted by Crippen LogP contribution is -2.27. The molecule has 2 N–H and O–H groups in total. The molecule has 1 fully saturated rings. The number of para-hydroxylation sites is 1. The Bertz CT molecular complexity index is 871. The van der Waals surface area contributed by atoms with Crippen molar-refractivity contribution in [3.8, 4) is 11.3 Å². The van der Waals surface area contributed by atoms with E-state index in [1.807, 2.05) is 30.3 Å². The van der Waals surface area contributed by atoms with Gasteiger partial charge in [0, 0.05) is 30.1 Å². The van der Waals surface area contributed by atoms with Crippen LogP contribution in [0.15, 0.2) is 48.5 Å². The molecule has 1 atom stereocenters. The van der Waals surface area contributed by atoms with E-state index >= 15 is 0 Å². The molecule has 4 nitrogen and oxygen atoms in total. The molecule has 0 amide bonds. The highest BCUT2D eigenvalue weighted by atomic mass is 35.5. The van der Waals surface area contributed by atoms with Gasteiger partial charge in [0.05, 0.1) is 11.2 Å². The van der Waals surface area contributed by atoms with Crippen LogP contribution in [0.25, 0.3) is 22.2 Å². The highest BCUT2D eigenvalue weighted by Crippen LogP contribution is 2.30. The minimum atomic E-state index is -0.277. The number of benzene rings is 2. The Balaban J connectivity index is 0.00000169. The minimum absolute atomic E-state index is 0. The number of fused-ring (bicyclic) bond motifs is 1. The minimum Gasteiger partial charge on any atom is -0.339 e. The van der Waals surface area contributed by atoms with Gasteiger partial charge in [-0.1, -0.05) is 30.3 Å². The second kappa shape index (κ2) is 6.71. The lowest BCUT2D eigenvalue weighted by atomic mass is 10.1. The summed E-state index contributed by atoms with van der Waals surface area (Å²) < 4.78 is 14.3. The Morgan fingerprint density at radius 1 is 1.04 bits per heavy atom. The molecule has 1 aliphatic heterocycles. The monoisotopic (exact) mass is 344 g/mol. The van der Waals surface area contributed by atoms with Crippen LogP contribution in [0.5, 0.6) is 0 Å². The average molecular weight is 345 g/mol. The second-order valence-corrected chi connectivity index (χ2v) is 5.86. The summed E-state index contributed by atoms with van der Waals surface area (Å²) in [6.45, 7) is 1.56. The summed E-state index contributed by atoms with van der Waals surface area (Å²) in [6, 6.07) is 14.6. The number of aromatic nitrogens is 2. The third-order valence-corrected chi connectivity index (χ3v) is 4.23. The molecule has 0 spiro atoms. The molecule has 1 unspecified atom stereocenters. The zero-order valence-electron chi connectivity index (χ0n) is 13.0. The third kappa shape index (κ3) is 2.92. The van der Waals surface area contributed by atoms with Gasteiger partial charge in [0.2, 0.25) is 5.95 Å². The van der Waals surface area contributed by atoms with Crippen LogP contribution < -0.4 is 10.6 Å². The van der Waals surface area contributed by atoms with E-state index in [9.17, 15) is 4.39 Å². The van der Waals surface area contributed by atoms with Crippen LogP contribution in [0.2, 0.25) is 0 Å². The average Bonchev–Trinajstić information content (AvgIpc) is 3.01. The lowest BCUT2D eigenvalue weighted by Gasteiger charge is -2.18. The van der Waals surface area contributed by atoms with Crippen LogP contribution in [0.1, 0.15) is 6.42 Å². The molecule has 4 rings (SSSR count). The fraction of sp³-hybridized carbons (Fsp3) is 0.222. The molecule has 0 radical (unpaired) electrons. The number of nitrogens with two attached hydrogens (primary N) is 1. The van der Waals surface area contributed by atoms with Gasteiger partial charge in [0.1, 0.15) is 5.82 Å². The number of anilines is 1. The van der Waals surface area contributed by atoms with Gasteiger partial charge in [-0.05, 0) is 24.6 Å². The third-order valence-electron chi connectivity index (χ3n) is 4.23. The van der Waals surface area contributed by atoms with Crippen molar-refractivity contribution in [2.75, 3.05) is 18.0 Å². The first-order chi connectivity index (χ1) is 11.2. The molecular formula is C18H18ClFN4. The molecule has 6 heteroatoms. The van der Waals surface area contributed by atoms with E-state index in [1.165, 1.54) is 6.07 Å². The SMILES string of the molecule is Cl.NC1CCN(c2nc(-c3ccccc3F)c3ccccc3n2)C1. The van der Waals surface area contributed by atoms with Crippen molar-refractivity contribution in [3.05, 3.63) is 54.3 Å². The van der Waals surface area contributed by atoms with E-state index < -0.39 is 0 Å². The van der Waals surface area contributed by atoms with Crippen LogP contribution in [0.3, 0.4) is 0 Å². The number of hydrogen-bond acceptors (Lipinski definition) is 4. The van der Waals surface area contributed by atoms with Crippen molar-refractivity contribution in [2.24, 2.45) is 5.73 Å². The Hall–Kier alpha value is -2.24. The summed E-state index contributed by atoms with van der Waals surface area (Å²) in [5.74, 6) is 0.343. The maximum absolute atomic E-state index is 14.3. The van der Waals surface area contributed by atoms with Crippen molar-refractivity contribution in [1.29, 1.82) is 0 Å². The molecule has 0 bridgehead atoms. The standard InChI is InChI=1S/C18H17FN4.ClH/c19-15-7-3-1-5-13(15)17-14-6-2-4-8-16(14)21-18(22-17)23-10-9-12(20)11-23;/h1-8,12H,9-11,20H2;1H. The van der Waals surface area contributed by atoms with Crippen molar-refractivity contribution >= 4 is 29.3 Å². The predicted octanol–water partition coefficient (Wildman–Crippen LogP) is 3.40. The molecule has 2 heterocycles. The summed E-state index contributed by atoms with van der Waals surface area (Å²) in [5, 5.41) is 0.852.